The molecule has 5 nitrogen and oxygen atoms in total. The molecule has 1 aromatic rings. The highest BCUT2D eigenvalue weighted by molar-refractivity contribution is 14.0. The van der Waals surface area contributed by atoms with Crippen LogP contribution in [0.25, 0.3) is 0 Å². The van der Waals surface area contributed by atoms with E-state index in [1.54, 1.807) is 25.9 Å². The van der Waals surface area contributed by atoms with Crippen LogP contribution in [-0.4, -0.2) is 51.9 Å². The molecular formula is C15H26IN3O2S. The van der Waals surface area contributed by atoms with Crippen molar-refractivity contribution in [1.29, 1.82) is 0 Å². The van der Waals surface area contributed by atoms with Crippen molar-refractivity contribution in [3.63, 3.8) is 0 Å². The first kappa shape index (κ1) is 21.3. The second-order valence-electron chi connectivity index (χ2n) is 4.34. The van der Waals surface area contributed by atoms with Gasteiger partial charge in [0.2, 0.25) is 0 Å². The molecule has 2 N–H and O–H groups in total. The molecule has 0 aliphatic heterocycles. The van der Waals surface area contributed by atoms with Gasteiger partial charge in [-0.05, 0) is 18.4 Å². The minimum absolute atomic E-state index is 0. The Hall–Kier alpha value is -0.670. The number of guanidine groups is 1. The van der Waals surface area contributed by atoms with E-state index < -0.39 is 0 Å². The molecule has 126 valence electrons. The van der Waals surface area contributed by atoms with Crippen LogP contribution in [0.2, 0.25) is 0 Å². The van der Waals surface area contributed by atoms with E-state index in [2.05, 4.69) is 21.9 Å². The molecule has 0 radical (unpaired) electrons. The molecule has 0 saturated carbocycles. The van der Waals surface area contributed by atoms with Crippen LogP contribution >= 0.6 is 35.7 Å². The van der Waals surface area contributed by atoms with Crippen LogP contribution in [0.4, 0.5) is 5.69 Å². The summed E-state index contributed by atoms with van der Waals surface area (Å²) >= 11 is 1.80. The number of halogens is 1. The van der Waals surface area contributed by atoms with Crippen LogP contribution < -0.4 is 15.4 Å². The van der Waals surface area contributed by atoms with Crippen LogP contribution in [-0.2, 0) is 4.74 Å². The van der Waals surface area contributed by atoms with Crippen LogP contribution in [0.15, 0.2) is 29.3 Å². The number of rotatable bonds is 9. The van der Waals surface area contributed by atoms with Gasteiger partial charge in [0.25, 0.3) is 0 Å². The standard InChI is InChI=1S/C15H25N3O2S.HI/c1-16-15(17-8-11-21-3)18-13-6-4-7-14(12-13)20-10-5-9-19-2;/h4,6-7,12H,5,8-11H2,1-3H3,(H2,16,17,18);1H. The second kappa shape index (κ2) is 14.0. The molecule has 0 bridgehead atoms. The van der Waals surface area contributed by atoms with Gasteiger partial charge in [0.1, 0.15) is 5.75 Å². The molecule has 0 fully saturated rings. The topological polar surface area (TPSA) is 54.9 Å². The molecule has 7 heteroatoms. The highest BCUT2D eigenvalue weighted by Crippen LogP contribution is 2.17. The minimum Gasteiger partial charge on any atom is -0.493 e. The first-order valence-electron chi connectivity index (χ1n) is 6.98. The molecule has 0 aliphatic carbocycles. The summed E-state index contributed by atoms with van der Waals surface area (Å²) < 4.78 is 10.7. The second-order valence-corrected chi connectivity index (χ2v) is 5.33. The van der Waals surface area contributed by atoms with Crippen molar-refractivity contribution in [2.75, 3.05) is 51.2 Å². The number of thioether (sulfide) groups is 1. The molecule has 0 atom stereocenters. The highest BCUT2D eigenvalue weighted by atomic mass is 127. The number of hydrogen-bond donors (Lipinski definition) is 2. The minimum atomic E-state index is 0. The summed E-state index contributed by atoms with van der Waals surface area (Å²) in [5.74, 6) is 2.65. The van der Waals surface area contributed by atoms with Crippen molar-refractivity contribution in [3.05, 3.63) is 24.3 Å². The molecule has 0 saturated heterocycles. The molecule has 1 rings (SSSR count). The molecule has 0 spiro atoms. The zero-order valence-electron chi connectivity index (χ0n) is 13.4. The number of ether oxygens (including phenoxy) is 2. The van der Waals surface area contributed by atoms with Crippen LogP contribution in [0.1, 0.15) is 6.42 Å². The molecule has 0 heterocycles. The van der Waals surface area contributed by atoms with Crippen molar-refractivity contribution in [2.24, 2.45) is 4.99 Å². The predicted molar refractivity (Wildman–Crippen MR) is 107 cm³/mol. The third-order valence-corrected chi connectivity index (χ3v) is 3.29. The van der Waals surface area contributed by atoms with Gasteiger partial charge in [-0.1, -0.05) is 6.07 Å². The Kier molecular flexibility index (Phi) is 13.5. The number of benzene rings is 1. The Balaban J connectivity index is 0.00000441. The Labute approximate surface area is 154 Å². The zero-order valence-corrected chi connectivity index (χ0v) is 16.6. The summed E-state index contributed by atoms with van der Waals surface area (Å²) in [6, 6.07) is 7.86. The maximum atomic E-state index is 5.68. The van der Waals surface area contributed by atoms with Gasteiger partial charge in [0, 0.05) is 51.2 Å². The van der Waals surface area contributed by atoms with Crippen molar-refractivity contribution in [2.45, 2.75) is 6.42 Å². The van der Waals surface area contributed by atoms with Crippen molar-refractivity contribution in [1.82, 2.24) is 5.32 Å². The van der Waals surface area contributed by atoms with Crippen molar-refractivity contribution in [3.8, 4) is 5.75 Å². The van der Waals surface area contributed by atoms with E-state index in [1.807, 2.05) is 24.3 Å². The maximum Gasteiger partial charge on any atom is 0.195 e. The average molecular weight is 439 g/mol. The van der Waals surface area contributed by atoms with Gasteiger partial charge in [-0.3, -0.25) is 4.99 Å². The Bertz CT molecular complexity index is 433. The van der Waals surface area contributed by atoms with E-state index >= 15 is 0 Å². The average Bonchev–Trinajstić information content (AvgIpc) is 2.51. The fraction of sp³-hybridized carbons (Fsp3) is 0.533. The molecule has 1 aromatic carbocycles. The number of anilines is 1. The molecular weight excluding hydrogens is 413 g/mol. The van der Waals surface area contributed by atoms with E-state index in [9.17, 15) is 0 Å². The van der Waals surface area contributed by atoms with Gasteiger partial charge in [-0.25, -0.2) is 0 Å². The van der Waals surface area contributed by atoms with Crippen LogP contribution in [0.5, 0.6) is 5.75 Å². The smallest absolute Gasteiger partial charge is 0.195 e. The third kappa shape index (κ3) is 9.37. The van der Waals surface area contributed by atoms with Gasteiger partial charge in [-0.2, -0.15) is 11.8 Å². The number of aliphatic imine (C=N–C) groups is 1. The fourth-order valence-electron chi connectivity index (χ4n) is 1.64. The zero-order chi connectivity index (χ0) is 15.3. The lowest BCUT2D eigenvalue weighted by molar-refractivity contribution is 0.172. The summed E-state index contributed by atoms with van der Waals surface area (Å²) in [7, 11) is 3.46. The van der Waals surface area contributed by atoms with Crippen LogP contribution in [0, 0.1) is 0 Å². The van der Waals surface area contributed by atoms with Gasteiger partial charge < -0.3 is 20.1 Å². The number of hydrogen-bond acceptors (Lipinski definition) is 4. The highest BCUT2D eigenvalue weighted by Gasteiger charge is 2.01. The van der Waals surface area contributed by atoms with Crippen molar-refractivity contribution >= 4 is 47.4 Å². The van der Waals surface area contributed by atoms with Crippen molar-refractivity contribution < 1.29 is 9.47 Å². The van der Waals surface area contributed by atoms with E-state index in [1.165, 1.54) is 0 Å². The Morgan fingerprint density at radius 3 is 2.82 bits per heavy atom. The quantitative estimate of drug-likeness (QED) is 0.268. The van der Waals surface area contributed by atoms with Crippen LogP contribution in [0.3, 0.4) is 0 Å². The van der Waals surface area contributed by atoms with Gasteiger partial charge >= 0.3 is 0 Å². The first-order valence-corrected chi connectivity index (χ1v) is 8.38. The largest absolute Gasteiger partial charge is 0.493 e. The number of nitrogens with zero attached hydrogens (tertiary/aromatic N) is 1. The summed E-state index contributed by atoms with van der Waals surface area (Å²) in [5.41, 5.74) is 0.955. The summed E-state index contributed by atoms with van der Waals surface area (Å²) in [4.78, 5) is 4.20. The fourth-order valence-corrected chi connectivity index (χ4v) is 1.95. The number of nitrogens with one attached hydrogen (secondary N) is 2. The van der Waals surface area contributed by atoms with E-state index in [0.29, 0.717) is 13.2 Å². The number of methoxy groups -OCH3 is 1. The Morgan fingerprint density at radius 1 is 1.32 bits per heavy atom. The normalized spacial score (nSPS) is 10.8. The van der Waals surface area contributed by atoms with E-state index in [0.717, 1.165) is 36.1 Å². The summed E-state index contributed by atoms with van der Waals surface area (Å²) in [6.45, 7) is 2.25. The molecule has 0 amide bonds. The van der Waals surface area contributed by atoms with Gasteiger partial charge in [-0.15, -0.1) is 24.0 Å². The molecule has 22 heavy (non-hydrogen) atoms. The Morgan fingerprint density at radius 2 is 2.14 bits per heavy atom. The summed E-state index contributed by atoms with van der Waals surface area (Å²) in [6.07, 6.45) is 2.97. The third-order valence-electron chi connectivity index (χ3n) is 2.68. The lowest BCUT2D eigenvalue weighted by Gasteiger charge is -2.12. The molecule has 0 unspecified atom stereocenters. The molecule has 0 aliphatic rings. The SMILES string of the molecule is CN=C(NCCSC)Nc1cccc(OCCCOC)c1.I. The van der Waals surface area contributed by atoms with E-state index in [4.69, 9.17) is 9.47 Å². The van der Waals surface area contributed by atoms with Gasteiger partial charge in [0.15, 0.2) is 5.96 Å². The van der Waals surface area contributed by atoms with Gasteiger partial charge in [0.05, 0.1) is 6.61 Å². The van der Waals surface area contributed by atoms with E-state index in [-0.39, 0.29) is 24.0 Å². The lowest BCUT2D eigenvalue weighted by Crippen LogP contribution is -2.32. The molecule has 0 aromatic heterocycles. The summed E-state index contributed by atoms with van der Waals surface area (Å²) in [5, 5.41) is 6.51. The first-order chi connectivity index (χ1) is 10.3. The maximum absolute atomic E-state index is 5.68. The lowest BCUT2D eigenvalue weighted by atomic mass is 10.3. The monoisotopic (exact) mass is 439 g/mol. The predicted octanol–water partition coefficient (Wildman–Crippen LogP) is 3.07.